The Morgan fingerprint density at radius 2 is 1.97 bits per heavy atom. The third-order valence-corrected chi connectivity index (χ3v) is 6.05. The van der Waals surface area contributed by atoms with Crippen LogP contribution in [0.3, 0.4) is 0 Å². The molecular formula is C22H28N2O5S. The number of imide groups is 1. The minimum atomic E-state index is -0.425. The molecule has 0 atom stereocenters. The highest BCUT2D eigenvalue weighted by Crippen LogP contribution is 2.35. The van der Waals surface area contributed by atoms with Crippen LogP contribution in [0.2, 0.25) is 0 Å². The molecule has 7 nitrogen and oxygen atoms in total. The smallest absolute Gasteiger partial charge is 0.294 e. The minimum absolute atomic E-state index is 0.235. The molecule has 2 aliphatic rings. The molecular weight excluding hydrogens is 404 g/mol. The Balaban J connectivity index is 1.81. The molecule has 30 heavy (non-hydrogen) atoms. The largest absolute Gasteiger partial charge is 0.494 e. The predicted octanol–water partition coefficient (Wildman–Crippen LogP) is 3.41. The number of thioether (sulfide) groups is 1. The molecule has 0 bridgehead atoms. The zero-order valence-electron chi connectivity index (χ0n) is 17.9. The fourth-order valence-electron chi connectivity index (χ4n) is 3.43. The summed E-state index contributed by atoms with van der Waals surface area (Å²) in [5, 5.41) is -0.416. The maximum absolute atomic E-state index is 12.8. The lowest BCUT2D eigenvalue weighted by Gasteiger charge is -2.28. The highest BCUT2D eigenvalue weighted by Gasteiger charge is 2.37. The van der Waals surface area contributed by atoms with Gasteiger partial charge >= 0.3 is 0 Å². The van der Waals surface area contributed by atoms with Crippen LogP contribution in [-0.4, -0.2) is 66.3 Å². The van der Waals surface area contributed by atoms with Gasteiger partial charge in [0.1, 0.15) is 12.3 Å². The summed E-state index contributed by atoms with van der Waals surface area (Å²) in [6.07, 6.45) is 1.74. The second-order valence-electron chi connectivity index (χ2n) is 7.60. The van der Waals surface area contributed by atoms with Crippen LogP contribution in [0, 0.1) is 6.92 Å². The van der Waals surface area contributed by atoms with E-state index in [0.29, 0.717) is 37.8 Å². The standard InChI is InChI=1S/C22H28N2O5S/c1-5-29-18-10-15(4)16(11-17(18)14(2)3)12-19-21(26)24(22(27)30-19)13-20(25)23-6-8-28-9-7-23/h10-12,14H,5-9,13H2,1-4H3/b19-12-. The van der Waals surface area contributed by atoms with Crippen molar-refractivity contribution in [1.82, 2.24) is 9.80 Å². The normalized spacial score (nSPS) is 18.6. The number of morpholine rings is 1. The molecule has 3 rings (SSSR count). The number of rotatable bonds is 6. The van der Waals surface area contributed by atoms with Crippen LogP contribution < -0.4 is 4.74 Å². The van der Waals surface area contributed by atoms with Crippen LogP contribution >= 0.6 is 11.8 Å². The van der Waals surface area contributed by atoms with E-state index in [1.165, 1.54) is 0 Å². The average Bonchev–Trinajstić information content (AvgIpc) is 2.98. The van der Waals surface area contributed by atoms with Gasteiger partial charge in [0.15, 0.2) is 0 Å². The van der Waals surface area contributed by atoms with E-state index < -0.39 is 11.1 Å². The van der Waals surface area contributed by atoms with E-state index in [9.17, 15) is 14.4 Å². The van der Waals surface area contributed by atoms with Gasteiger partial charge in [0, 0.05) is 13.1 Å². The SMILES string of the molecule is CCOc1cc(C)c(/C=C2\SC(=O)N(CC(=O)N3CCOCC3)C2=O)cc1C(C)C. The van der Waals surface area contributed by atoms with E-state index >= 15 is 0 Å². The zero-order valence-corrected chi connectivity index (χ0v) is 18.7. The van der Waals surface area contributed by atoms with Crippen molar-refractivity contribution in [3.63, 3.8) is 0 Å². The maximum Gasteiger partial charge on any atom is 0.294 e. The van der Waals surface area contributed by atoms with Gasteiger partial charge < -0.3 is 14.4 Å². The summed E-state index contributed by atoms with van der Waals surface area (Å²) in [7, 11) is 0. The Kier molecular flexibility index (Phi) is 7.20. The lowest BCUT2D eigenvalue weighted by atomic mass is 9.96. The van der Waals surface area contributed by atoms with Gasteiger partial charge in [-0.05, 0) is 66.4 Å². The molecule has 3 amide bonds. The van der Waals surface area contributed by atoms with Crippen LogP contribution in [0.25, 0.3) is 6.08 Å². The van der Waals surface area contributed by atoms with Crippen molar-refractivity contribution in [1.29, 1.82) is 0 Å². The molecule has 0 unspecified atom stereocenters. The predicted molar refractivity (Wildman–Crippen MR) is 117 cm³/mol. The summed E-state index contributed by atoms with van der Waals surface area (Å²) in [5.74, 6) is 0.430. The van der Waals surface area contributed by atoms with Gasteiger partial charge in [-0.25, -0.2) is 0 Å². The lowest BCUT2D eigenvalue weighted by Crippen LogP contribution is -2.46. The third kappa shape index (κ3) is 4.87. The Bertz CT molecular complexity index is 875. The summed E-state index contributed by atoms with van der Waals surface area (Å²) in [5.41, 5.74) is 2.88. The van der Waals surface area contributed by atoms with Crippen LogP contribution in [0.4, 0.5) is 4.79 Å². The van der Waals surface area contributed by atoms with Gasteiger partial charge in [0.05, 0.1) is 24.7 Å². The number of benzene rings is 1. The first kappa shape index (κ1) is 22.4. The maximum atomic E-state index is 12.8. The van der Waals surface area contributed by atoms with E-state index in [1.54, 1.807) is 11.0 Å². The summed E-state index contributed by atoms with van der Waals surface area (Å²) in [4.78, 5) is 40.7. The van der Waals surface area contributed by atoms with Gasteiger partial charge in [-0.1, -0.05) is 13.8 Å². The lowest BCUT2D eigenvalue weighted by molar-refractivity contribution is -0.139. The molecule has 0 aliphatic carbocycles. The number of ether oxygens (including phenoxy) is 2. The summed E-state index contributed by atoms with van der Waals surface area (Å²) in [6, 6.07) is 3.98. The number of amides is 3. The van der Waals surface area contributed by atoms with Gasteiger partial charge in [-0.3, -0.25) is 19.3 Å². The molecule has 1 aromatic rings. The van der Waals surface area contributed by atoms with E-state index in [1.807, 2.05) is 26.0 Å². The molecule has 0 aromatic heterocycles. The topological polar surface area (TPSA) is 76.2 Å². The minimum Gasteiger partial charge on any atom is -0.494 e. The Hall–Kier alpha value is -2.32. The number of aryl methyl sites for hydroxylation is 1. The third-order valence-electron chi connectivity index (χ3n) is 5.14. The van der Waals surface area contributed by atoms with Crippen LogP contribution in [-0.2, 0) is 14.3 Å². The van der Waals surface area contributed by atoms with E-state index in [4.69, 9.17) is 9.47 Å². The molecule has 2 aliphatic heterocycles. The molecule has 2 saturated heterocycles. The van der Waals surface area contributed by atoms with Gasteiger partial charge in [0.25, 0.3) is 11.1 Å². The summed E-state index contributed by atoms with van der Waals surface area (Å²) in [6.45, 7) is 10.3. The van der Waals surface area contributed by atoms with E-state index in [2.05, 4.69) is 13.8 Å². The second-order valence-corrected chi connectivity index (χ2v) is 8.59. The Labute approximate surface area is 181 Å². The fraction of sp³-hybridized carbons (Fsp3) is 0.500. The van der Waals surface area contributed by atoms with Crippen molar-refractivity contribution >= 4 is 34.9 Å². The molecule has 2 fully saturated rings. The average molecular weight is 433 g/mol. The van der Waals surface area contributed by atoms with Crippen LogP contribution in [0.1, 0.15) is 43.4 Å². The Morgan fingerprint density at radius 1 is 1.27 bits per heavy atom. The zero-order chi connectivity index (χ0) is 21.8. The highest BCUT2D eigenvalue weighted by atomic mass is 32.2. The fourth-order valence-corrected chi connectivity index (χ4v) is 4.26. The molecule has 1 aromatic carbocycles. The number of nitrogens with zero attached hydrogens (tertiary/aromatic N) is 2. The number of hydrogen-bond acceptors (Lipinski definition) is 6. The second kappa shape index (κ2) is 9.66. The van der Waals surface area contributed by atoms with E-state index in [-0.39, 0.29) is 18.4 Å². The van der Waals surface area contributed by atoms with Crippen molar-refractivity contribution in [3.05, 3.63) is 33.7 Å². The first-order valence-electron chi connectivity index (χ1n) is 10.2. The number of hydrogen-bond donors (Lipinski definition) is 0. The van der Waals surface area contributed by atoms with Crippen molar-refractivity contribution in [2.24, 2.45) is 0 Å². The molecule has 0 spiro atoms. The molecule has 8 heteroatoms. The molecule has 162 valence electrons. The van der Waals surface area contributed by atoms with Crippen LogP contribution in [0.5, 0.6) is 5.75 Å². The molecule has 2 heterocycles. The number of carbonyl (C=O) groups is 3. The quantitative estimate of drug-likeness (QED) is 0.641. The highest BCUT2D eigenvalue weighted by molar-refractivity contribution is 8.18. The van der Waals surface area contributed by atoms with Crippen molar-refractivity contribution in [2.75, 3.05) is 39.5 Å². The molecule has 0 saturated carbocycles. The molecule has 0 N–H and O–H groups in total. The van der Waals surface area contributed by atoms with Crippen molar-refractivity contribution in [2.45, 2.75) is 33.6 Å². The van der Waals surface area contributed by atoms with Crippen LogP contribution in [0.15, 0.2) is 17.0 Å². The monoisotopic (exact) mass is 432 g/mol. The first-order valence-corrected chi connectivity index (χ1v) is 11.0. The van der Waals surface area contributed by atoms with Crippen molar-refractivity contribution < 1.29 is 23.9 Å². The van der Waals surface area contributed by atoms with E-state index in [0.717, 1.165) is 39.1 Å². The van der Waals surface area contributed by atoms with Gasteiger partial charge in [0.2, 0.25) is 5.91 Å². The summed E-state index contributed by atoms with van der Waals surface area (Å²) < 4.78 is 11.0. The first-order chi connectivity index (χ1) is 14.3. The molecule has 0 radical (unpaired) electrons. The van der Waals surface area contributed by atoms with Gasteiger partial charge in [-0.15, -0.1) is 0 Å². The summed E-state index contributed by atoms with van der Waals surface area (Å²) >= 11 is 0.875. The Morgan fingerprint density at radius 3 is 2.60 bits per heavy atom. The number of carbonyl (C=O) groups excluding carboxylic acids is 3. The van der Waals surface area contributed by atoms with Gasteiger partial charge in [-0.2, -0.15) is 0 Å². The van der Waals surface area contributed by atoms with Crippen molar-refractivity contribution in [3.8, 4) is 5.75 Å².